The summed E-state index contributed by atoms with van der Waals surface area (Å²) < 4.78 is 4.33. The number of ether oxygens (including phenoxy) is 1. The molecule has 1 atom stereocenters. The summed E-state index contributed by atoms with van der Waals surface area (Å²) in [7, 11) is 0. The Morgan fingerprint density at radius 1 is 1.73 bits per heavy atom. The molecule has 0 fully saturated rings. The molecule has 0 amide bonds. The summed E-state index contributed by atoms with van der Waals surface area (Å²) in [5.41, 5.74) is 5.16. The molecule has 0 spiro atoms. The number of aliphatic carboxylic acids is 1. The van der Waals surface area contributed by atoms with E-state index in [1.165, 1.54) is 0 Å². The Labute approximate surface area is 64.1 Å². The molecule has 0 rings (SSSR count). The molecule has 64 valence electrons. The maximum atomic E-state index is 10.1. The van der Waals surface area contributed by atoms with Gasteiger partial charge in [0.1, 0.15) is 6.04 Å². The second-order valence-electron chi connectivity index (χ2n) is 2.05. The van der Waals surface area contributed by atoms with E-state index >= 15 is 0 Å². The third-order valence-corrected chi connectivity index (χ3v) is 1.16. The second-order valence-corrected chi connectivity index (χ2v) is 2.05. The van der Waals surface area contributed by atoms with Crippen molar-refractivity contribution >= 4 is 12.4 Å². The second kappa shape index (κ2) is 5.67. The maximum Gasteiger partial charge on any atom is 0.320 e. The van der Waals surface area contributed by atoms with Gasteiger partial charge in [0.05, 0.1) is 6.61 Å². The van der Waals surface area contributed by atoms with E-state index in [0.29, 0.717) is 19.3 Å². The van der Waals surface area contributed by atoms with E-state index in [0.717, 1.165) is 0 Å². The van der Waals surface area contributed by atoms with Crippen LogP contribution in [-0.4, -0.2) is 30.2 Å². The number of rotatable bonds is 6. The normalized spacial score (nSPS) is 12.1. The smallest absolute Gasteiger partial charge is 0.320 e. The summed E-state index contributed by atoms with van der Waals surface area (Å²) in [4.78, 5) is 19.7. The fourth-order valence-electron chi connectivity index (χ4n) is 0.558. The van der Waals surface area contributed by atoms with Crippen molar-refractivity contribution in [3.05, 3.63) is 0 Å². The third-order valence-electron chi connectivity index (χ3n) is 1.16. The van der Waals surface area contributed by atoms with Crippen LogP contribution < -0.4 is 5.73 Å². The van der Waals surface area contributed by atoms with Gasteiger partial charge in [-0.05, 0) is 12.8 Å². The van der Waals surface area contributed by atoms with Crippen LogP contribution in [0.15, 0.2) is 0 Å². The van der Waals surface area contributed by atoms with Crippen LogP contribution >= 0.6 is 0 Å². The van der Waals surface area contributed by atoms with Crippen LogP contribution in [-0.2, 0) is 14.3 Å². The van der Waals surface area contributed by atoms with Crippen LogP contribution in [0.25, 0.3) is 0 Å². The van der Waals surface area contributed by atoms with Crippen molar-refractivity contribution in [1.29, 1.82) is 0 Å². The number of carboxylic acid groups (broad SMARTS) is 1. The molecule has 0 bridgehead atoms. The van der Waals surface area contributed by atoms with Gasteiger partial charge in [-0.3, -0.25) is 9.59 Å². The van der Waals surface area contributed by atoms with Crippen molar-refractivity contribution in [2.75, 3.05) is 6.61 Å². The minimum absolute atomic E-state index is 0.227. The number of hydrogen-bond donors (Lipinski definition) is 2. The largest absolute Gasteiger partial charge is 0.480 e. The highest BCUT2D eigenvalue weighted by atomic mass is 16.5. The molecule has 11 heavy (non-hydrogen) atoms. The molecular formula is C6H11NO4. The van der Waals surface area contributed by atoms with E-state index in [-0.39, 0.29) is 6.61 Å². The summed E-state index contributed by atoms with van der Waals surface area (Å²) in [6.45, 7) is 0.552. The molecule has 0 saturated carbocycles. The van der Waals surface area contributed by atoms with Crippen molar-refractivity contribution in [2.24, 2.45) is 5.73 Å². The maximum absolute atomic E-state index is 10.1. The Morgan fingerprint density at radius 2 is 2.36 bits per heavy atom. The van der Waals surface area contributed by atoms with Crippen LogP contribution in [0.3, 0.4) is 0 Å². The minimum Gasteiger partial charge on any atom is -0.480 e. The SMILES string of the molecule is N[C@H](CCCOC=O)C(=O)O. The Balaban J connectivity index is 3.24. The lowest BCUT2D eigenvalue weighted by Gasteiger charge is -2.03. The number of carboxylic acids is 1. The predicted octanol–water partition coefficient (Wildman–Crippen LogP) is -0.648. The summed E-state index contributed by atoms with van der Waals surface area (Å²) in [6, 6.07) is -0.856. The summed E-state index contributed by atoms with van der Waals surface area (Å²) in [5.74, 6) is -1.03. The average Bonchev–Trinajstić information content (AvgIpc) is 1.97. The highest BCUT2D eigenvalue weighted by Crippen LogP contribution is 1.94. The fourth-order valence-corrected chi connectivity index (χ4v) is 0.558. The molecule has 5 nitrogen and oxygen atoms in total. The highest BCUT2D eigenvalue weighted by Gasteiger charge is 2.09. The number of hydrogen-bond acceptors (Lipinski definition) is 4. The number of nitrogens with two attached hydrogens (primary N) is 1. The summed E-state index contributed by atoms with van der Waals surface area (Å²) in [5, 5.41) is 8.30. The Hall–Kier alpha value is -1.10. The van der Waals surface area contributed by atoms with Gasteiger partial charge in [-0.2, -0.15) is 0 Å². The van der Waals surface area contributed by atoms with Crippen LogP contribution in [0.4, 0.5) is 0 Å². The van der Waals surface area contributed by atoms with Gasteiger partial charge in [-0.25, -0.2) is 0 Å². The van der Waals surface area contributed by atoms with E-state index < -0.39 is 12.0 Å². The molecule has 0 aliphatic heterocycles. The molecule has 0 saturated heterocycles. The first-order valence-electron chi connectivity index (χ1n) is 3.22. The van der Waals surface area contributed by atoms with Gasteiger partial charge in [-0.15, -0.1) is 0 Å². The van der Waals surface area contributed by atoms with E-state index in [4.69, 9.17) is 10.8 Å². The van der Waals surface area contributed by atoms with E-state index in [1.54, 1.807) is 0 Å². The molecule has 0 radical (unpaired) electrons. The molecule has 3 N–H and O–H groups in total. The minimum atomic E-state index is -1.03. The molecule has 0 aromatic rings. The zero-order chi connectivity index (χ0) is 8.69. The Bertz CT molecular complexity index is 137. The van der Waals surface area contributed by atoms with Crippen molar-refractivity contribution in [1.82, 2.24) is 0 Å². The molecule has 0 aliphatic rings. The quantitative estimate of drug-likeness (QED) is 0.399. The fraction of sp³-hybridized carbons (Fsp3) is 0.667. The zero-order valence-electron chi connectivity index (χ0n) is 6.03. The molecule has 0 aliphatic carbocycles. The molecule has 0 aromatic heterocycles. The van der Waals surface area contributed by atoms with Gasteiger partial charge >= 0.3 is 5.97 Å². The van der Waals surface area contributed by atoms with Gasteiger partial charge in [0, 0.05) is 0 Å². The van der Waals surface area contributed by atoms with E-state index in [9.17, 15) is 9.59 Å². The van der Waals surface area contributed by atoms with Gasteiger partial charge in [0.25, 0.3) is 6.47 Å². The van der Waals surface area contributed by atoms with E-state index in [1.807, 2.05) is 0 Å². The van der Waals surface area contributed by atoms with Gasteiger partial charge in [0.15, 0.2) is 0 Å². The van der Waals surface area contributed by atoms with Gasteiger partial charge in [0.2, 0.25) is 0 Å². The summed E-state index contributed by atoms with van der Waals surface area (Å²) >= 11 is 0. The van der Waals surface area contributed by atoms with Crippen LogP contribution in [0.2, 0.25) is 0 Å². The lowest BCUT2D eigenvalue weighted by atomic mass is 10.2. The molecule has 0 aromatic carbocycles. The van der Waals surface area contributed by atoms with Crippen molar-refractivity contribution in [3.8, 4) is 0 Å². The van der Waals surface area contributed by atoms with Gasteiger partial charge in [-0.1, -0.05) is 0 Å². The first kappa shape index (κ1) is 9.90. The van der Waals surface area contributed by atoms with Crippen molar-refractivity contribution < 1.29 is 19.4 Å². The lowest BCUT2D eigenvalue weighted by molar-refractivity contribution is -0.138. The first-order chi connectivity index (χ1) is 5.18. The van der Waals surface area contributed by atoms with Crippen LogP contribution in [0.1, 0.15) is 12.8 Å². The summed E-state index contributed by atoms with van der Waals surface area (Å²) in [6.07, 6.45) is 0.801. The van der Waals surface area contributed by atoms with Crippen LogP contribution in [0, 0.1) is 0 Å². The average molecular weight is 161 g/mol. The first-order valence-corrected chi connectivity index (χ1v) is 3.22. The predicted molar refractivity (Wildman–Crippen MR) is 36.9 cm³/mol. The topological polar surface area (TPSA) is 89.6 Å². The highest BCUT2D eigenvalue weighted by molar-refractivity contribution is 5.72. The lowest BCUT2D eigenvalue weighted by Crippen LogP contribution is -2.30. The third kappa shape index (κ3) is 5.35. The monoisotopic (exact) mass is 161 g/mol. The number of carbonyl (C=O) groups excluding carboxylic acids is 1. The zero-order valence-corrected chi connectivity index (χ0v) is 6.03. The molecule has 0 unspecified atom stereocenters. The molecule has 5 heteroatoms. The number of carbonyl (C=O) groups is 2. The molecular weight excluding hydrogens is 150 g/mol. The van der Waals surface area contributed by atoms with Gasteiger partial charge < -0.3 is 15.6 Å². The van der Waals surface area contributed by atoms with E-state index in [2.05, 4.69) is 4.74 Å². The Kier molecular flexibility index (Phi) is 5.10. The standard InChI is InChI=1S/C6H11NO4/c7-5(6(9)10)2-1-3-11-4-8/h4-5H,1-3,7H2,(H,9,10)/t5-/m1/s1. The van der Waals surface area contributed by atoms with Crippen LogP contribution in [0.5, 0.6) is 0 Å². The Morgan fingerprint density at radius 3 is 2.82 bits per heavy atom. The molecule has 0 heterocycles. The van der Waals surface area contributed by atoms with Crippen molar-refractivity contribution in [3.63, 3.8) is 0 Å². The van der Waals surface area contributed by atoms with Crippen molar-refractivity contribution in [2.45, 2.75) is 18.9 Å².